The second-order valence-electron chi connectivity index (χ2n) is 4.80. The fraction of sp³-hybridized carbons (Fsp3) is 0.571. The second kappa shape index (κ2) is 5.67. The van der Waals surface area contributed by atoms with Gasteiger partial charge in [0.25, 0.3) is 0 Å². The molecule has 0 aliphatic carbocycles. The van der Waals surface area contributed by atoms with E-state index in [2.05, 4.69) is 11.8 Å². The van der Waals surface area contributed by atoms with Crippen LogP contribution in [0.2, 0.25) is 0 Å². The molecule has 0 bridgehead atoms. The molecule has 0 spiro atoms. The largest absolute Gasteiger partial charge is 0.377 e. The van der Waals surface area contributed by atoms with Crippen LogP contribution in [0.4, 0.5) is 10.1 Å². The molecule has 1 aromatic carbocycles. The highest BCUT2D eigenvalue weighted by molar-refractivity contribution is 5.57. The first-order valence-electron chi connectivity index (χ1n) is 6.53. The first kappa shape index (κ1) is 13.3. The van der Waals surface area contributed by atoms with Crippen molar-refractivity contribution in [2.75, 3.05) is 24.7 Å². The van der Waals surface area contributed by atoms with Crippen LogP contribution in [0.1, 0.15) is 31.9 Å². The SMILES string of the molecule is CCC1COCCN1c1c(F)cccc1[C@@H](C)N. The number of morpholine rings is 1. The molecule has 1 aliphatic rings. The van der Waals surface area contributed by atoms with E-state index in [-0.39, 0.29) is 17.9 Å². The number of nitrogens with two attached hydrogens (primary N) is 1. The number of halogens is 1. The maximum absolute atomic E-state index is 14.2. The van der Waals surface area contributed by atoms with Crippen LogP contribution in [-0.2, 0) is 4.74 Å². The van der Waals surface area contributed by atoms with Gasteiger partial charge in [0.2, 0.25) is 0 Å². The van der Waals surface area contributed by atoms with Crippen LogP contribution in [0.5, 0.6) is 0 Å². The summed E-state index contributed by atoms with van der Waals surface area (Å²) in [6.45, 7) is 6.00. The van der Waals surface area contributed by atoms with E-state index in [1.165, 1.54) is 6.07 Å². The summed E-state index contributed by atoms with van der Waals surface area (Å²) in [5.41, 5.74) is 7.48. The van der Waals surface area contributed by atoms with Crippen molar-refractivity contribution in [3.05, 3.63) is 29.6 Å². The van der Waals surface area contributed by atoms with Crippen molar-refractivity contribution >= 4 is 5.69 Å². The fourth-order valence-corrected chi connectivity index (χ4v) is 2.49. The van der Waals surface area contributed by atoms with Crippen molar-refractivity contribution in [1.82, 2.24) is 0 Å². The molecule has 0 amide bonds. The van der Waals surface area contributed by atoms with Gasteiger partial charge in [-0.05, 0) is 25.0 Å². The van der Waals surface area contributed by atoms with E-state index in [1.54, 1.807) is 6.07 Å². The zero-order valence-corrected chi connectivity index (χ0v) is 11.0. The third kappa shape index (κ3) is 2.49. The Balaban J connectivity index is 2.41. The minimum absolute atomic E-state index is 0.170. The molecule has 2 N–H and O–H groups in total. The lowest BCUT2D eigenvalue weighted by Gasteiger charge is -2.38. The lowest BCUT2D eigenvalue weighted by atomic mass is 10.0. The number of anilines is 1. The predicted octanol–water partition coefficient (Wildman–Crippen LogP) is 2.46. The van der Waals surface area contributed by atoms with Crippen LogP contribution in [0.3, 0.4) is 0 Å². The maximum Gasteiger partial charge on any atom is 0.146 e. The molecule has 1 fully saturated rings. The minimum Gasteiger partial charge on any atom is -0.377 e. The van der Waals surface area contributed by atoms with Crippen molar-refractivity contribution in [2.45, 2.75) is 32.4 Å². The molecule has 2 atom stereocenters. The molecule has 2 rings (SSSR count). The number of benzene rings is 1. The Hall–Kier alpha value is -1.13. The lowest BCUT2D eigenvalue weighted by molar-refractivity contribution is 0.0925. The second-order valence-corrected chi connectivity index (χ2v) is 4.80. The Morgan fingerprint density at radius 3 is 3.00 bits per heavy atom. The van der Waals surface area contributed by atoms with Crippen molar-refractivity contribution in [3.8, 4) is 0 Å². The molecule has 3 nitrogen and oxygen atoms in total. The van der Waals surface area contributed by atoms with Crippen LogP contribution < -0.4 is 10.6 Å². The molecule has 18 heavy (non-hydrogen) atoms. The maximum atomic E-state index is 14.2. The molecule has 0 aromatic heterocycles. The molecule has 1 aromatic rings. The number of rotatable bonds is 3. The molecule has 100 valence electrons. The van der Waals surface area contributed by atoms with Crippen LogP contribution in [0.25, 0.3) is 0 Å². The Kier molecular flexibility index (Phi) is 4.19. The standard InChI is InChI=1S/C14H21FN2O/c1-3-11-9-18-8-7-17(11)14-12(10(2)16)5-4-6-13(14)15/h4-6,10-11H,3,7-9,16H2,1-2H3/t10-,11?/m1/s1. The van der Waals surface area contributed by atoms with Gasteiger partial charge in [0.15, 0.2) is 0 Å². The van der Waals surface area contributed by atoms with Crippen molar-refractivity contribution in [2.24, 2.45) is 5.73 Å². The van der Waals surface area contributed by atoms with Gasteiger partial charge in [0.05, 0.1) is 24.9 Å². The molecular formula is C14H21FN2O. The summed E-state index contributed by atoms with van der Waals surface area (Å²) in [5.74, 6) is -0.190. The first-order chi connectivity index (χ1) is 8.65. The quantitative estimate of drug-likeness (QED) is 0.898. The smallest absolute Gasteiger partial charge is 0.146 e. The molecule has 1 heterocycles. The van der Waals surface area contributed by atoms with E-state index < -0.39 is 0 Å². The highest BCUT2D eigenvalue weighted by atomic mass is 19.1. The number of hydrogen-bond donors (Lipinski definition) is 1. The number of ether oxygens (including phenoxy) is 1. The fourth-order valence-electron chi connectivity index (χ4n) is 2.49. The van der Waals surface area contributed by atoms with E-state index >= 15 is 0 Å². The molecule has 0 saturated carbocycles. The molecule has 1 aliphatic heterocycles. The zero-order chi connectivity index (χ0) is 13.1. The van der Waals surface area contributed by atoms with Gasteiger partial charge in [-0.2, -0.15) is 0 Å². The summed E-state index contributed by atoms with van der Waals surface area (Å²) in [6, 6.07) is 5.19. The van der Waals surface area contributed by atoms with Crippen LogP contribution in [0.15, 0.2) is 18.2 Å². The lowest BCUT2D eigenvalue weighted by Crippen LogP contribution is -2.46. The Labute approximate surface area is 108 Å². The first-order valence-corrected chi connectivity index (χ1v) is 6.53. The molecule has 1 unspecified atom stereocenters. The highest BCUT2D eigenvalue weighted by Gasteiger charge is 2.26. The van der Waals surface area contributed by atoms with E-state index in [1.807, 2.05) is 13.0 Å². The van der Waals surface area contributed by atoms with Gasteiger partial charge in [-0.1, -0.05) is 19.1 Å². The highest BCUT2D eigenvalue weighted by Crippen LogP contribution is 2.31. The molecule has 1 saturated heterocycles. The summed E-state index contributed by atoms with van der Waals surface area (Å²) in [7, 11) is 0. The monoisotopic (exact) mass is 252 g/mol. The van der Waals surface area contributed by atoms with Gasteiger partial charge in [-0.15, -0.1) is 0 Å². The normalized spacial score (nSPS) is 22.0. The van der Waals surface area contributed by atoms with Gasteiger partial charge < -0.3 is 15.4 Å². The molecular weight excluding hydrogens is 231 g/mol. The Morgan fingerprint density at radius 1 is 1.56 bits per heavy atom. The average molecular weight is 252 g/mol. The molecule has 0 radical (unpaired) electrons. The summed E-state index contributed by atoms with van der Waals surface area (Å²) < 4.78 is 19.6. The summed E-state index contributed by atoms with van der Waals surface area (Å²) in [5, 5.41) is 0. The number of nitrogens with zero attached hydrogens (tertiary/aromatic N) is 1. The van der Waals surface area contributed by atoms with Crippen LogP contribution in [0, 0.1) is 5.82 Å². The van der Waals surface area contributed by atoms with Crippen LogP contribution >= 0.6 is 0 Å². The topological polar surface area (TPSA) is 38.5 Å². The molecule has 4 heteroatoms. The minimum atomic E-state index is -0.190. The zero-order valence-electron chi connectivity index (χ0n) is 11.0. The van der Waals surface area contributed by atoms with Crippen molar-refractivity contribution < 1.29 is 9.13 Å². The van der Waals surface area contributed by atoms with Gasteiger partial charge >= 0.3 is 0 Å². The number of para-hydroxylation sites is 1. The van der Waals surface area contributed by atoms with E-state index in [9.17, 15) is 4.39 Å². The average Bonchev–Trinajstić information content (AvgIpc) is 2.38. The van der Waals surface area contributed by atoms with E-state index in [0.717, 1.165) is 18.5 Å². The van der Waals surface area contributed by atoms with Crippen molar-refractivity contribution in [1.29, 1.82) is 0 Å². The Bertz CT molecular complexity index is 409. The van der Waals surface area contributed by atoms with Crippen LogP contribution in [-0.4, -0.2) is 25.8 Å². The summed E-state index contributed by atoms with van der Waals surface area (Å²) >= 11 is 0. The van der Waals surface area contributed by atoms with E-state index in [0.29, 0.717) is 18.9 Å². The third-order valence-corrected chi connectivity index (χ3v) is 3.49. The van der Waals surface area contributed by atoms with Crippen molar-refractivity contribution in [3.63, 3.8) is 0 Å². The third-order valence-electron chi connectivity index (χ3n) is 3.49. The summed E-state index contributed by atoms with van der Waals surface area (Å²) in [4.78, 5) is 2.11. The predicted molar refractivity (Wildman–Crippen MR) is 71.2 cm³/mol. The van der Waals surface area contributed by atoms with Gasteiger partial charge in [0.1, 0.15) is 5.82 Å². The van der Waals surface area contributed by atoms with Gasteiger partial charge in [-0.3, -0.25) is 0 Å². The summed E-state index contributed by atoms with van der Waals surface area (Å²) in [6.07, 6.45) is 0.937. The van der Waals surface area contributed by atoms with E-state index in [4.69, 9.17) is 10.5 Å². The Morgan fingerprint density at radius 2 is 2.33 bits per heavy atom. The van der Waals surface area contributed by atoms with Gasteiger partial charge in [-0.25, -0.2) is 4.39 Å². The number of hydrogen-bond acceptors (Lipinski definition) is 3. The van der Waals surface area contributed by atoms with Gasteiger partial charge in [0, 0.05) is 12.6 Å².